The van der Waals surface area contributed by atoms with Crippen molar-refractivity contribution in [1.82, 2.24) is 0 Å². The van der Waals surface area contributed by atoms with Crippen LogP contribution in [0.15, 0.2) is 192 Å². The van der Waals surface area contributed by atoms with Crippen molar-refractivity contribution in [3.05, 3.63) is 188 Å². The van der Waals surface area contributed by atoms with Gasteiger partial charge in [0.15, 0.2) is 0 Å². The van der Waals surface area contributed by atoms with Crippen LogP contribution in [0, 0.1) is 0 Å². The lowest BCUT2D eigenvalue weighted by Crippen LogP contribution is -2.10. The van der Waals surface area contributed by atoms with Crippen molar-refractivity contribution < 1.29 is 22.2 Å². The number of furan rings is 1. The molecular formula is C48H31NO. The van der Waals surface area contributed by atoms with Gasteiger partial charge in [-0.25, -0.2) is 0 Å². The largest absolute Gasteiger partial charge is 0.456 e. The zero-order valence-electron chi connectivity index (χ0n) is 39.2. The number of fused-ring (bicyclic) bond motifs is 10. The summed E-state index contributed by atoms with van der Waals surface area (Å²) in [5.74, 6) is 0. The summed E-state index contributed by atoms with van der Waals surface area (Å²) in [4.78, 5) is 1.70. The fourth-order valence-electron chi connectivity index (χ4n) is 6.85. The van der Waals surface area contributed by atoms with Gasteiger partial charge in [-0.3, -0.25) is 0 Å². The summed E-state index contributed by atoms with van der Waals surface area (Å²) in [6.07, 6.45) is 0. The van der Waals surface area contributed by atoms with Crippen molar-refractivity contribution in [3.8, 4) is 22.3 Å². The molecule has 10 aromatic rings. The van der Waals surface area contributed by atoms with Crippen LogP contribution < -0.4 is 4.90 Å². The number of para-hydroxylation sites is 1. The molecule has 0 saturated carbocycles. The first kappa shape index (κ1) is 18.2. The summed E-state index contributed by atoms with van der Waals surface area (Å²) in [5.41, 5.74) is 4.04. The summed E-state index contributed by atoms with van der Waals surface area (Å²) >= 11 is 0. The first-order valence-corrected chi connectivity index (χ1v) is 16.0. The number of hydrogen-bond acceptors (Lipinski definition) is 2. The van der Waals surface area contributed by atoms with Crippen molar-refractivity contribution in [2.24, 2.45) is 0 Å². The molecule has 0 fully saturated rings. The molecule has 234 valence electrons. The van der Waals surface area contributed by atoms with Crippen molar-refractivity contribution in [1.29, 1.82) is 0 Å². The molecule has 9 aromatic carbocycles. The van der Waals surface area contributed by atoms with Gasteiger partial charge in [0.2, 0.25) is 0 Å². The highest BCUT2D eigenvalue weighted by Crippen LogP contribution is 2.47. The van der Waals surface area contributed by atoms with Crippen LogP contribution in [0.1, 0.15) is 17.8 Å². The Balaban J connectivity index is 1.43. The smallest absolute Gasteiger partial charge is 0.136 e. The van der Waals surface area contributed by atoms with E-state index in [1.165, 1.54) is 0 Å². The van der Waals surface area contributed by atoms with Crippen molar-refractivity contribution in [2.75, 3.05) is 4.90 Å². The van der Waals surface area contributed by atoms with Crippen molar-refractivity contribution in [3.63, 3.8) is 0 Å². The minimum absolute atomic E-state index is 0.0205. The second kappa shape index (κ2) is 11.5. The molecule has 0 spiro atoms. The second-order valence-corrected chi connectivity index (χ2v) is 11.9. The monoisotopic (exact) mass is 650 g/mol. The Morgan fingerprint density at radius 2 is 0.840 bits per heavy atom. The third-order valence-corrected chi connectivity index (χ3v) is 9.12. The Labute approximate surface area is 308 Å². The normalized spacial score (nSPS) is 15.2. The first-order chi connectivity index (χ1) is 30.2. The van der Waals surface area contributed by atoms with Gasteiger partial charge in [0, 0.05) is 32.9 Å². The lowest BCUT2D eigenvalue weighted by atomic mass is 9.90. The predicted octanol–water partition coefficient (Wildman–Crippen LogP) is 13.8. The minimum atomic E-state index is -0.641. The highest BCUT2D eigenvalue weighted by atomic mass is 16.3. The van der Waals surface area contributed by atoms with E-state index < -0.39 is 78.6 Å². The van der Waals surface area contributed by atoms with Crippen LogP contribution in [-0.4, -0.2) is 0 Å². The quantitative estimate of drug-likeness (QED) is 0.172. The van der Waals surface area contributed by atoms with Gasteiger partial charge in [-0.05, 0) is 92.2 Å². The van der Waals surface area contributed by atoms with E-state index in [-0.39, 0.29) is 59.9 Å². The Hall–Kier alpha value is -6.64. The van der Waals surface area contributed by atoms with Crippen LogP contribution in [0.4, 0.5) is 17.1 Å². The molecule has 50 heavy (non-hydrogen) atoms. The number of rotatable bonds is 5. The van der Waals surface area contributed by atoms with Gasteiger partial charge < -0.3 is 9.32 Å². The molecule has 0 atom stereocenters. The van der Waals surface area contributed by atoms with E-state index in [2.05, 4.69) is 0 Å². The SMILES string of the molecule is [2H]c1c([2H])c([2H])c2c(oc3c([2H])c([2H])c4c5c([2H])c([2H])c([2H])c(N(c6ccc(-c7ccccc7)cc6)c6ccc(-c7ccccc7)cc6)c5c5c([2H])c([2H])c([2H])c([2H])c5c4c32)c1[2H]. The summed E-state index contributed by atoms with van der Waals surface area (Å²) in [5, 5.41) is -1.07. The maximum atomic E-state index is 9.69. The summed E-state index contributed by atoms with van der Waals surface area (Å²) in [7, 11) is 0. The molecule has 1 aromatic heterocycles. The molecule has 0 amide bonds. The first-order valence-electron chi connectivity index (χ1n) is 22.5. The van der Waals surface area contributed by atoms with Gasteiger partial charge in [0.25, 0.3) is 0 Å². The third kappa shape index (κ3) is 4.50. The average Bonchev–Trinajstić information content (AvgIpc) is 3.72. The van der Waals surface area contributed by atoms with Gasteiger partial charge in [-0.1, -0.05) is 139 Å². The van der Waals surface area contributed by atoms with Gasteiger partial charge in [0.05, 0.1) is 23.5 Å². The fourth-order valence-corrected chi connectivity index (χ4v) is 6.85. The molecule has 1 heterocycles. The second-order valence-electron chi connectivity index (χ2n) is 11.9. The van der Waals surface area contributed by atoms with Crippen molar-refractivity contribution >= 4 is 71.3 Å². The molecule has 0 bridgehead atoms. The molecule has 10 rings (SSSR count). The van der Waals surface area contributed by atoms with E-state index in [0.29, 0.717) is 11.4 Å². The highest BCUT2D eigenvalue weighted by molar-refractivity contribution is 6.36. The van der Waals surface area contributed by atoms with Gasteiger partial charge in [0.1, 0.15) is 11.2 Å². The lowest BCUT2D eigenvalue weighted by Gasteiger charge is -2.28. The van der Waals surface area contributed by atoms with E-state index in [1.807, 2.05) is 109 Å². The Morgan fingerprint density at radius 3 is 1.44 bits per heavy atom. The van der Waals surface area contributed by atoms with Crippen LogP contribution in [-0.2, 0) is 0 Å². The van der Waals surface area contributed by atoms with Gasteiger partial charge in [-0.2, -0.15) is 0 Å². The van der Waals surface area contributed by atoms with Crippen LogP contribution in [0.3, 0.4) is 0 Å². The van der Waals surface area contributed by atoms with E-state index in [1.54, 1.807) is 4.90 Å². The molecule has 0 aliphatic rings. The average molecular weight is 651 g/mol. The van der Waals surface area contributed by atoms with Crippen LogP contribution in [0.5, 0.6) is 0 Å². The van der Waals surface area contributed by atoms with Crippen molar-refractivity contribution in [2.45, 2.75) is 0 Å². The van der Waals surface area contributed by atoms with E-state index in [4.69, 9.17) is 12.6 Å². The van der Waals surface area contributed by atoms with Crippen LogP contribution in [0.2, 0.25) is 0 Å². The fraction of sp³-hybridized carbons (Fsp3) is 0. The number of anilines is 3. The molecule has 0 aliphatic carbocycles. The summed E-state index contributed by atoms with van der Waals surface area (Å²) in [6.45, 7) is 0. The Morgan fingerprint density at radius 1 is 0.360 bits per heavy atom. The summed E-state index contributed by atoms with van der Waals surface area (Å²) < 4.78 is 125. The van der Waals surface area contributed by atoms with Gasteiger partial charge in [-0.15, -0.1) is 0 Å². The molecule has 0 radical (unpaired) electrons. The minimum Gasteiger partial charge on any atom is -0.456 e. The van der Waals surface area contributed by atoms with E-state index in [0.717, 1.165) is 22.3 Å². The Bertz CT molecular complexity index is 3460. The van der Waals surface area contributed by atoms with E-state index >= 15 is 0 Å². The highest BCUT2D eigenvalue weighted by Gasteiger charge is 2.21. The molecule has 0 aliphatic heterocycles. The van der Waals surface area contributed by atoms with Crippen LogP contribution >= 0.6 is 0 Å². The number of benzene rings is 9. The number of nitrogens with zero attached hydrogens (tertiary/aromatic N) is 1. The maximum Gasteiger partial charge on any atom is 0.136 e. The standard InChI is InChI=1S/C48H31NO/c1-3-12-32(13-4-1)34-22-26-36(27-23-34)49(37-28-24-35(25-29-37)33-14-5-2-6-15-33)43-20-11-19-39-41-30-31-45-48(42-18-9-10-21-44(42)50-45)47(41)40-17-8-7-16-38(40)46(39)43/h1-31H/i7D,8D,9D,10D,11D,16D,17D,18D,19D,20D,21D,30D,31D. The van der Waals surface area contributed by atoms with Gasteiger partial charge >= 0.3 is 0 Å². The molecule has 2 nitrogen and oxygen atoms in total. The molecule has 0 saturated heterocycles. The zero-order chi connectivity index (χ0) is 44.3. The predicted molar refractivity (Wildman–Crippen MR) is 212 cm³/mol. The lowest BCUT2D eigenvalue weighted by molar-refractivity contribution is 0.669. The maximum absolute atomic E-state index is 9.69. The summed E-state index contributed by atoms with van der Waals surface area (Å²) in [6, 6.07) is 27.1. The van der Waals surface area contributed by atoms with E-state index in [9.17, 15) is 9.60 Å². The number of hydrogen-bond donors (Lipinski definition) is 0. The Kier molecular flexibility index (Phi) is 4.19. The molecule has 2 heteroatoms. The third-order valence-electron chi connectivity index (χ3n) is 9.12. The zero-order valence-corrected chi connectivity index (χ0v) is 26.2. The van der Waals surface area contributed by atoms with Crippen LogP contribution in [0.25, 0.3) is 76.5 Å². The molecular weight excluding hydrogens is 607 g/mol. The topological polar surface area (TPSA) is 16.4 Å². The molecule has 0 N–H and O–H groups in total. The molecule has 0 unspecified atom stereocenters.